The number of ketones is 1. The number of hydrogen-bond donors (Lipinski definition) is 3. The van der Waals surface area contributed by atoms with Crippen molar-refractivity contribution in [2.75, 3.05) is 43.1 Å². The van der Waals surface area contributed by atoms with Crippen LogP contribution in [0.5, 0.6) is 0 Å². The summed E-state index contributed by atoms with van der Waals surface area (Å²) in [6, 6.07) is 9.04. The maximum atomic E-state index is 13.7. The number of benzene rings is 2. The van der Waals surface area contributed by atoms with Gasteiger partial charge in [0.2, 0.25) is 15.7 Å². The van der Waals surface area contributed by atoms with Crippen molar-refractivity contribution in [1.82, 2.24) is 4.31 Å². The highest BCUT2D eigenvalue weighted by molar-refractivity contribution is 7.89. The zero-order valence-corrected chi connectivity index (χ0v) is 39.1. The maximum Gasteiger partial charge on any atom is 0.294 e. The van der Waals surface area contributed by atoms with E-state index in [1.165, 1.54) is 29.6 Å². The van der Waals surface area contributed by atoms with E-state index in [1.807, 2.05) is 70.1 Å². The highest BCUT2D eigenvalue weighted by atomic mass is 32.2. The van der Waals surface area contributed by atoms with Crippen LogP contribution in [0.15, 0.2) is 94.4 Å². The van der Waals surface area contributed by atoms with Gasteiger partial charge in [-0.1, -0.05) is 65.0 Å². The van der Waals surface area contributed by atoms with Crippen LogP contribution >= 0.6 is 0 Å². The number of Topliss-reactive ketones (excluding diaryl/α,β-unsaturated/α-hetero) is 1. The van der Waals surface area contributed by atoms with E-state index in [2.05, 4.69) is 0 Å². The molecule has 336 valence electrons. The van der Waals surface area contributed by atoms with Crippen molar-refractivity contribution in [1.29, 1.82) is 0 Å². The topological polar surface area (TPSA) is 224 Å². The molecule has 0 aromatic heterocycles. The molecule has 2 aliphatic rings. The van der Waals surface area contributed by atoms with Gasteiger partial charge < -0.3 is 4.90 Å². The van der Waals surface area contributed by atoms with Gasteiger partial charge in [-0.2, -0.15) is 29.8 Å². The van der Waals surface area contributed by atoms with Crippen LogP contribution in [-0.2, 0) is 56.0 Å². The third-order valence-electron chi connectivity index (χ3n) is 11.0. The molecule has 3 N–H and O–H groups in total. The fourth-order valence-corrected chi connectivity index (χ4v) is 10.3. The largest absolute Gasteiger partial charge is 0.344 e. The highest BCUT2D eigenvalue weighted by Crippen LogP contribution is 2.48. The lowest BCUT2D eigenvalue weighted by Crippen LogP contribution is -2.30. The van der Waals surface area contributed by atoms with Crippen LogP contribution in [-0.4, -0.2) is 106 Å². The molecule has 2 aromatic rings. The molecule has 4 rings (SSSR count). The average molecular weight is 925 g/mol. The van der Waals surface area contributed by atoms with Gasteiger partial charge in [-0.15, -0.1) is 0 Å². The number of hydrogen-bond acceptors (Lipinski definition) is 10. The normalized spacial score (nSPS) is 17.8. The Morgan fingerprint density at radius 1 is 0.754 bits per heavy atom. The van der Waals surface area contributed by atoms with Crippen molar-refractivity contribution < 1.29 is 56.7 Å². The first kappa shape index (κ1) is 49.8. The van der Waals surface area contributed by atoms with Crippen LogP contribution in [0.2, 0.25) is 0 Å². The van der Waals surface area contributed by atoms with Gasteiger partial charge in [0.25, 0.3) is 30.4 Å². The summed E-state index contributed by atoms with van der Waals surface area (Å²) in [6.07, 6.45) is 13.3. The van der Waals surface area contributed by atoms with E-state index in [1.54, 1.807) is 48.6 Å². The predicted molar refractivity (Wildman–Crippen MR) is 237 cm³/mol. The number of rotatable bonds is 19. The average Bonchev–Trinajstić information content (AvgIpc) is 3.46. The van der Waals surface area contributed by atoms with E-state index in [4.69, 9.17) is 0 Å². The van der Waals surface area contributed by atoms with Gasteiger partial charge >= 0.3 is 0 Å². The standard InChI is InChI=1S/C42H57N3O12S4/c1-40(2,3)39(46)19-14-24-43(8)60(53,54)31-20-22-35-33(29-31)41(4,5)37(44(35)25-15-27-58(47,48)49)17-12-10-9-11-13-18-38-42(6,7)34-30-32(61(55,56)57)21-23-36(34)45(38)26-16-28-59(50,51)52/h9-13,17-18,20-23,29-30H,14-16,19,24-28H2,1-8H3,(H2-,47,48,49,50,51,52,55,56,57)/p+1. The summed E-state index contributed by atoms with van der Waals surface area (Å²) in [5, 5.41) is 0. The van der Waals surface area contributed by atoms with E-state index < -0.39 is 68.1 Å². The zero-order valence-electron chi connectivity index (χ0n) is 35.9. The molecule has 2 aliphatic heterocycles. The lowest BCUT2D eigenvalue weighted by atomic mass is 9.81. The highest BCUT2D eigenvalue weighted by Gasteiger charge is 2.45. The van der Waals surface area contributed by atoms with Gasteiger partial charge in [-0.25, -0.2) is 12.7 Å². The van der Waals surface area contributed by atoms with Gasteiger partial charge in [0.05, 0.1) is 26.7 Å². The second kappa shape index (κ2) is 18.5. The summed E-state index contributed by atoms with van der Waals surface area (Å²) >= 11 is 0. The number of nitrogens with zero attached hydrogens (tertiary/aromatic N) is 3. The number of carbonyl (C=O) groups is 1. The third kappa shape index (κ3) is 12.2. The van der Waals surface area contributed by atoms with E-state index in [0.29, 0.717) is 28.9 Å². The fraction of sp³-hybridized carbons (Fsp3) is 0.476. The van der Waals surface area contributed by atoms with E-state index in [0.717, 1.165) is 11.4 Å². The molecule has 0 spiro atoms. The maximum absolute atomic E-state index is 13.7. The molecular formula is C42H58N3O12S4+. The zero-order chi connectivity index (χ0) is 46.0. The van der Waals surface area contributed by atoms with Crippen molar-refractivity contribution in [3.8, 4) is 0 Å². The minimum atomic E-state index is -4.49. The van der Waals surface area contributed by atoms with Crippen LogP contribution in [0.4, 0.5) is 11.4 Å². The SMILES string of the molecule is CN(CCCC(=O)C(C)(C)C)S(=O)(=O)c1ccc2c(c1)C(C)(C)C(C=CC=CC=CC=C1N(CCCS(=O)(=O)O)c3ccc(S(=O)(=O)O)cc3C1(C)C)=[N+]2CCCS(=O)(=O)O. The van der Waals surface area contributed by atoms with Crippen molar-refractivity contribution in [2.24, 2.45) is 5.41 Å². The van der Waals surface area contributed by atoms with E-state index >= 15 is 0 Å². The second-order valence-electron chi connectivity index (χ2n) is 17.3. The third-order valence-corrected chi connectivity index (χ3v) is 15.3. The van der Waals surface area contributed by atoms with Crippen LogP contribution in [0, 0.1) is 5.41 Å². The quantitative estimate of drug-likeness (QED) is 0.0809. The number of allylic oxidation sites excluding steroid dienone is 8. The minimum absolute atomic E-state index is 0.0480. The summed E-state index contributed by atoms with van der Waals surface area (Å²) in [7, 11) is -15.4. The second-order valence-corrected chi connectivity index (χ2v) is 23.9. The molecule has 0 amide bonds. The number of sulfonamides is 1. The lowest BCUT2D eigenvalue weighted by Gasteiger charge is -2.27. The van der Waals surface area contributed by atoms with Gasteiger partial charge in [-0.3, -0.25) is 18.5 Å². The molecule has 2 heterocycles. The first-order valence-electron chi connectivity index (χ1n) is 19.7. The Balaban J connectivity index is 1.61. The molecule has 0 aliphatic carbocycles. The first-order chi connectivity index (χ1) is 27.9. The number of carbonyl (C=O) groups excluding carboxylic acids is 1. The van der Waals surface area contributed by atoms with Crippen LogP contribution < -0.4 is 4.90 Å². The van der Waals surface area contributed by atoms with Gasteiger partial charge in [-0.05, 0) is 68.7 Å². The fourth-order valence-electron chi connectivity index (χ4n) is 7.55. The van der Waals surface area contributed by atoms with Crippen molar-refractivity contribution in [2.45, 2.75) is 94.8 Å². The Labute approximate surface area is 361 Å². The molecule has 15 nitrogen and oxygen atoms in total. The number of fused-ring (bicyclic) bond motifs is 2. The molecule has 0 atom stereocenters. The molecule has 19 heteroatoms. The van der Waals surface area contributed by atoms with Crippen molar-refractivity contribution in [3.05, 3.63) is 95.8 Å². The van der Waals surface area contributed by atoms with Gasteiger partial charge in [0.1, 0.15) is 12.3 Å². The van der Waals surface area contributed by atoms with E-state index in [-0.39, 0.29) is 54.5 Å². The molecular weight excluding hydrogens is 867 g/mol. The number of anilines is 1. The van der Waals surface area contributed by atoms with Gasteiger partial charge in [0.15, 0.2) is 5.71 Å². The molecule has 0 fully saturated rings. The van der Waals surface area contributed by atoms with E-state index in [9.17, 15) is 52.1 Å². The minimum Gasteiger partial charge on any atom is -0.344 e. The van der Waals surface area contributed by atoms with Crippen LogP contribution in [0.3, 0.4) is 0 Å². The van der Waals surface area contributed by atoms with Crippen LogP contribution in [0.25, 0.3) is 0 Å². The molecule has 0 saturated carbocycles. The lowest BCUT2D eigenvalue weighted by molar-refractivity contribution is -0.437. The summed E-state index contributed by atoms with van der Waals surface area (Å²) in [6.45, 7) is 13.7. The smallest absolute Gasteiger partial charge is 0.294 e. The summed E-state index contributed by atoms with van der Waals surface area (Å²) in [4.78, 5) is 14.1. The molecule has 0 bridgehead atoms. The predicted octanol–water partition coefficient (Wildman–Crippen LogP) is 6.23. The Morgan fingerprint density at radius 2 is 1.33 bits per heavy atom. The molecule has 0 radical (unpaired) electrons. The Bertz CT molecular complexity index is 2630. The van der Waals surface area contributed by atoms with Crippen LogP contribution in [0.1, 0.15) is 85.3 Å². The monoisotopic (exact) mass is 924 g/mol. The molecule has 0 unspecified atom stereocenters. The van der Waals surface area contributed by atoms with Crippen molar-refractivity contribution >= 4 is 63.2 Å². The Morgan fingerprint density at radius 3 is 1.93 bits per heavy atom. The van der Waals surface area contributed by atoms with Crippen molar-refractivity contribution in [3.63, 3.8) is 0 Å². The first-order valence-corrected chi connectivity index (χ1v) is 25.8. The Kier molecular flexibility index (Phi) is 15.1. The molecule has 0 saturated heterocycles. The summed E-state index contributed by atoms with van der Waals surface area (Å²) in [5.41, 5.74) is 2.09. The Hall–Kier alpha value is -3.82. The summed E-state index contributed by atoms with van der Waals surface area (Å²) in [5.74, 6) is -0.890. The summed E-state index contributed by atoms with van der Waals surface area (Å²) < 4.78 is 129. The molecule has 61 heavy (non-hydrogen) atoms. The molecule has 2 aromatic carbocycles. The van der Waals surface area contributed by atoms with Gasteiger partial charge in [0, 0.05) is 72.9 Å².